The van der Waals surface area contributed by atoms with Crippen LogP contribution in [0.25, 0.3) is 45.2 Å². The first kappa shape index (κ1) is 31.6. The molecular weight excluding hydrogens is 697 g/mol. The summed E-state index contributed by atoms with van der Waals surface area (Å²) in [5, 5.41) is 2.85. The molecule has 0 heterocycles. The third-order valence-electron chi connectivity index (χ3n) is 15.5. The summed E-state index contributed by atoms with van der Waals surface area (Å²) in [6, 6.07) is 61.4. The molecule has 0 radical (unpaired) electrons. The Morgan fingerprint density at radius 1 is 0.362 bits per heavy atom. The normalized spacial score (nSPS) is 22.9. The molecule has 8 aromatic carbocycles. The highest BCUT2D eigenvalue weighted by molar-refractivity contribution is 6.04. The summed E-state index contributed by atoms with van der Waals surface area (Å²) in [6.07, 6.45) is 14.2. The van der Waals surface area contributed by atoms with Crippen molar-refractivity contribution in [1.82, 2.24) is 0 Å². The fourth-order valence-electron chi connectivity index (χ4n) is 13.1. The van der Waals surface area contributed by atoms with Gasteiger partial charge in [-0.1, -0.05) is 182 Å². The van der Waals surface area contributed by atoms with E-state index in [-0.39, 0.29) is 22.7 Å². The van der Waals surface area contributed by atoms with Crippen LogP contribution in [0.4, 0.5) is 0 Å². The van der Waals surface area contributed by atoms with Gasteiger partial charge in [0.15, 0.2) is 0 Å². The first-order valence-corrected chi connectivity index (χ1v) is 21.3. The van der Waals surface area contributed by atoms with Crippen LogP contribution in [0.3, 0.4) is 0 Å². The monoisotopic (exact) mass is 736 g/mol. The number of allylic oxidation sites excluding steroid dienone is 2. The van der Waals surface area contributed by atoms with Gasteiger partial charge in [-0.05, 0) is 137 Å². The molecule has 58 heavy (non-hydrogen) atoms. The van der Waals surface area contributed by atoms with Gasteiger partial charge in [-0.15, -0.1) is 0 Å². The van der Waals surface area contributed by atoms with Crippen LogP contribution in [-0.4, -0.2) is 0 Å². The fourth-order valence-corrected chi connectivity index (χ4v) is 13.1. The van der Waals surface area contributed by atoms with Crippen LogP contribution in [0.1, 0.15) is 103 Å². The van der Waals surface area contributed by atoms with E-state index in [0.29, 0.717) is 0 Å². The van der Waals surface area contributed by atoms with Gasteiger partial charge in [-0.25, -0.2) is 0 Å². The summed E-state index contributed by atoms with van der Waals surface area (Å²) in [4.78, 5) is 0. The van der Waals surface area contributed by atoms with Crippen LogP contribution in [0.5, 0.6) is 0 Å². The number of hydrogen-bond acceptors (Lipinski definition) is 0. The molecule has 6 aliphatic rings. The highest BCUT2D eigenvalue weighted by Crippen LogP contribution is 2.61. The zero-order chi connectivity index (χ0) is 37.7. The molecule has 0 amide bonds. The summed E-state index contributed by atoms with van der Waals surface area (Å²) in [5.74, 6) is 0.370. The van der Waals surface area contributed by atoms with Crippen molar-refractivity contribution in [2.45, 2.75) is 48.3 Å². The Morgan fingerprint density at radius 3 is 1.26 bits per heavy atom. The second-order valence-corrected chi connectivity index (χ2v) is 17.7. The van der Waals surface area contributed by atoms with E-state index < -0.39 is 0 Å². The molecule has 0 saturated carbocycles. The summed E-state index contributed by atoms with van der Waals surface area (Å²) < 4.78 is 0. The largest absolute Gasteiger partial charge is 0.0720 e. The predicted octanol–water partition coefficient (Wildman–Crippen LogP) is 13.7. The van der Waals surface area contributed by atoms with Gasteiger partial charge < -0.3 is 0 Å². The van der Waals surface area contributed by atoms with Crippen molar-refractivity contribution in [3.63, 3.8) is 0 Å². The van der Waals surface area contributed by atoms with Crippen LogP contribution in [0, 0.1) is 0 Å². The molecule has 0 aliphatic heterocycles. The van der Waals surface area contributed by atoms with E-state index in [4.69, 9.17) is 0 Å². The molecule has 0 heteroatoms. The lowest BCUT2D eigenvalue weighted by Gasteiger charge is -2.31. The third kappa shape index (κ3) is 3.78. The molecule has 0 N–H and O–H groups in total. The molecular formula is C58H40. The SMILES string of the molecule is C1=CC(c2ccc3c(c2)C2(CCc4ccccc42)c2ccccc2-3)c2ccc3c4c(ccc1c24)C=CC3c1ccc2c(c1)C1(CCc3ccccc31)c1ccccc1-2. The minimum atomic E-state index is -0.0869. The molecule has 0 nitrogen and oxygen atoms in total. The Kier molecular flexibility index (Phi) is 6.05. The molecule has 0 fully saturated rings. The molecule has 0 bridgehead atoms. The van der Waals surface area contributed by atoms with Crippen LogP contribution in [0.15, 0.2) is 170 Å². The lowest BCUT2D eigenvalue weighted by molar-refractivity contribution is 0.625. The molecule has 2 spiro atoms. The van der Waals surface area contributed by atoms with Gasteiger partial charge in [0.1, 0.15) is 0 Å². The van der Waals surface area contributed by atoms with Crippen LogP contribution in [-0.2, 0) is 23.7 Å². The summed E-state index contributed by atoms with van der Waals surface area (Å²) in [5.41, 5.74) is 25.7. The van der Waals surface area contributed by atoms with E-state index in [1.54, 1.807) is 0 Å². The minimum Gasteiger partial charge on any atom is -0.0720 e. The van der Waals surface area contributed by atoms with Crippen LogP contribution < -0.4 is 0 Å². The van der Waals surface area contributed by atoms with Crippen molar-refractivity contribution in [3.05, 3.63) is 248 Å². The van der Waals surface area contributed by atoms with E-state index in [9.17, 15) is 0 Å². The maximum absolute atomic E-state index is 2.59. The minimum absolute atomic E-state index is 0.0869. The number of aryl methyl sites for hydroxylation is 2. The van der Waals surface area contributed by atoms with Gasteiger partial charge in [0.2, 0.25) is 0 Å². The maximum atomic E-state index is 2.59. The third-order valence-corrected chi connectivity index (χ3v) is 15.5. The van der Waals surface area contributed by atoms with Gasteiger partial charge in [-0.3, -0.25) is 0 Å². The van der Waals surface area contributed by atoms with Crippen molar-refractivity contribution < 1.29 is 0 Å². The number of hydrogen-bond donors (Lipinski definition) is 0. The summed E-state index contributed by atoms with van der Waals surface area (Å²) in [6.45, 7) is 0. The number of fused-ring (bicyclic) bond motifs is 14. The summed E-state index contributed by atoms with van der Waals surface area (Å²) >= 11 is 0. The zero-order valence-corrected chi connectivity index (χ0v) is 32.3. The topological polar surface area (TPSA) is 0 Å². The molecule has 4 atom stereocenters. The highest BCUT2D eigenvalue weighted by Gasteiger charge is 2.50. The van der Waals surface area contributed by atoms with Crippen molar-refractivity contribution in [2.24, 2.45) is 0 Å². The lowest BCUT2D eigenvalue weighted by atomic mass is 9.71. The van der Waals surface area contributed by atoms with Crippen molar-refractivity contribution in [3.8, 4) is 22.3 Å². The quantitative estimate of drug-likeness (QED) is 0.166. The van der Waals surface area contributed by atoms with Gasteiger partial charge in [0, 0.05) is 22.7 Å². The van der Waals surface area contributed by atoms with Gasteiger partial charge in [0.25, 0.3) is 0 Å². The van der Waals surface area contributed by atoms with E-state index in [0.717, 1.165) is 25.7 Å². The molecule has 0 aromatic heterocycles. The second kappa shape index (κ2) is 11.1. The Labute approximate surface area is 339 Å². The summed E-state index contributed by atoms with van der Waals surface area (Å²) in [7, 11) is 0. The predicted molar refractivity (Wildman–Crippen MR) is 239 cm³/mol. The van der Waals surface area contributed by atoms with E-state index in [2.05, 4.69) is 182 Å². The molecule has 272 valence electrons. The van der Waals surface area contributed by atoms with E-state index >= 15 is 0 Å². The maximum Gasteiger partial charge on any atom is 0.0469 e. The molecule has 4 unspecified atom stereocenters. The Bertz CT molecular complexity index is 2990. The lowest BCUT2D eigenvalue weighted by Crippen LogP contribution is -2.24. The first-order valence-electron chi connectivity index (χ1n) is 21.3. The van der Waals surface area contributed by atoms with Gasteiger partial charge in [0.05, 0.1) is 0 Å². The Morgan fingerprint density at radius 2 is 0.776 bits per heavy atom. The van der Waals surface area contributed by atoms with Crippen molar-refractivity contribution >= 4 is 22.9 Å². The fraction of sp³-hybridized carbons (Fsp3) is 0.138. The number of rotatable bonds is 2. The number of benzene rings is 8. The molecule has 14 rings (SSSR count). The van der Waals surface area contributed by atoms with Crippen LogP contribution in [0.2, 0.25) is 0 Å². The second-order valence-electron chi connectivity index (χ2n) is 17.7. The standard InChI is InChI=1S/C58H40/c1-5-13-49-35(9-1)29-31-57(49)51-15-7-3-11-43(51)45-25-21-39(33-53(45)57)41-23-19-37-17-18-38-20-24-42(48-28-27-47(41)55(37)56(38)48)40-22-26-46-44-12-4-8-16-52(44)58(54(46)34-40)32-30-36-10-2-6-14-50(36)58/h1-28,33-34,41-42H,29-32H2. The van der Waals surface area contributed by atoms with Crippen molar-refractivity contribution in [1.29, 1.82) is 0 Å². The van der Waals surface area contributed by atoms with Crippen LogP contribution >= 0.6 is 0 Å². The highest BCUT2D eigenvalue weighted by atomic mass is 14.5. The molecule has 8 aromatic rings. The first-order chi connectivity index (χ1) is 28.7. The Balaban J connectivity index is 0.910. The average molecular weight is 737 g/mol. The molecule has 0 saturated heterocycles. The van der Waals surface area contributed by atoms with Gasteiger partial charge in [-0.2, -0.15) is 0 Å². The Hall–Kier alpha value is -6.50. The van der Waals surface area contributed by atoms with E-state index in [1.165, 1.54) is 111 Å². The smallest absolute Gasteiger partial charge is 0.0469 e. The van der Waals surface area contributed by atoms with Gasteiger partial charge >= 0.3 is 0 Å². The average Bonchev–Trinajstić information content (AvgIpc) is 4.03. The zero-order valence-electron chi connectivity index (χ0n) is 32.3. The van der Waals surface area contributed by atoms with E-state index in [1.807, 2.05) is 0 Å². The molecule has 6 aliphatic carbocycles. The van der Waals surface area contributed by atoms with Crippen molar-refractivity contribution in [2.75, 3.05) is 0 Å².